The summed E-state index contributed by atoms with van der Waals surface area (Å²) in [5.74, 6) is -1.64. The van der Waals surface area contributed by atoms with Crippen LogP contribution in [0.2, 0.25) is 0 Å². The molecular weight excluding hydrogens is 382 g/mol. The molecule has 28 heavy (non-hydrogen) atoms. The number of carbonyl (C=O) groups excluding carboxylic acids is 2. The molecule has 1 aromatic heterocycles. The molecule has 0 spiro atoms. The molecule has 0 fully saturated rings. The number of hydrogen-bond acceptors (Lipinski definition) is 8. The van der Waals surface area contributed by atoms with E-state index >= 15 is 0 Å². The Morgan fingerprint density at radius 1 is 1.14 bits per heavy atom. The van der Waals surface area contributed by atoms with Gasteiger partial charge < -0.3 is 9.84 Å². The molecule has 2 aromatic carbocycles. The minimum Gasteiger partial charge on any atom is -0.504 e. The predicted octanol–water partition coefficient (Wildman–Crippen LogP) is 2.01. The van der Waals surface area contributed by atoms with E-state index in [9.17, 15) is 14.7 Å². The highest BCUT2D eigenvalue weighted by molar-refractivity contribution is 7.18. The molecule has 1 heterocycles. The number of hydrazone groups is 1. The Labute approximate surface area is 163 Å². The van der Waals surface area contributed by atoms with Gasteiger partial charge in [0, 0.05) is 5.56 Å². The summed E-state index contributed by atoms with van der Waals surface area (Å²) in [7, 11) is 1.42. The number of phenols is 1. The summed E-state index contributed by atoms with van der Waals surface area (Å²) in [5, 5.41) is 24.3. The number of aromatic nitrogens is 2. The summed E-state index contributed by atoms with van der Waals surface area (Å²) in [6, 6.07) is 13.9. The Morgan fingerprint density at radius 2 is 1.93 bits per heavy atom. The van der Waals surface area contributed by atoms with Crippen molar-refractivity contribution in [3.63, 3.8) is 0 Å². The first-order valence-electron chi connectivity index (χ1n) is 7.97. The van der Waals surface area contributed by atoms with Crippen LogP contribution in [0.5, 0.6) is 11.5 Å². The fourth-order valence-corrected chi connectivity index (χ4v) is 2.86. The number of hydrogen-bond donors (Lipinski definition) is 3. The van der Waals surface area contributed by atoms with Crippen molar-refractivity contribution in [2.45, 2.75) is 0 Å². The summed E-state index contributed by atoms with van der Waals surface area (Å²) in [4.78, 5) is 23.8. The fraction of sp³-hybridized carbons (Fsp3) is 0.0556. The highest BCUT2D eigenvalue weighted by Gasteiger charge is 2.16. The van der Waals surface area contributed by atoms with Gasteiger partial charge in [-0.05, 0) is 23.8 Å². The molecule has 3 rings (SSSR count). The molecule has 0 unspecified atom stereocenters. The van der Waals surface area contributed by atoms with Gasteiger partial charge in [-0.15, -0.1) is 10.2 Å². The van der Waals surface area contributed by atoms with Crippen LogP contribution in [0.3, 0.4) is 0 Å². The third-order valence-corrected chi connectivity index (χ3v) is 4.34. The molecule has 0 saturated carbocycles. The Kier molecular flexibility index (Phi) is 5.92. The van der Waals surface area contributed by atoms with Gasteiger partial charge in [0.05, 0.1) is 13.3 Å². The van der Waals surface area contributed by atoms with E-state index < -0.39 is 11.8 Å². The topological polar surface area (TPSA) is 126 Å². The summed E-state index contributed by atoms with van der Waals surface area (Å²) in [6.45, 7) is 0. The normalized spacial score (nSPS) is 10.6. The van der Waals surface area contributed by atoms with Gasteiger partial charge in [0.25, 0.3) is 0 Å². The van der Waals surface area contributed by atoms with E-state index in [1.165, 1.54) is 25.5 Å². The average Bonchev–Trinajstić information content (AvgIpc) is 3.18. The van der Waals surface area contributed by atoms with E-state index in [0.717, 1.165) is 16.9 Å². The van der Waals surface area contributed by atoms with Gasteiger partial charge >= 0.3 is 11.8 Å². The van der Waals surface area contributed by atoms with Crippen molar-refractivity contribution in [2.24, 2.45) is 5.10 Å². The van der Waals surface area contributed by atoms with E-state index in [1.807, 2.05) is 30.3 Å². The van der Waals surface area contributed by atoms with Gasteiger partial charge in [0.1, 0.15) is 5.01 Å². The quantitative estimate of drug-likeness (QED) is 0.343. The summed E-state index contributed by atoms with van der Waals surface area (Å²) in [5.41, 5.74) is 3.54. The molecule has 9 nitrogen and oxygen atoms in total. The molecule has 3 aromatic rings. The van der Waals surface area contributed by atoms with Crippen molar-refractivity contribution in [3.8, 4) is 22.1 Å². The van der Waals surface area contributed by atoms with Crippen molar-refractivity contribution < 1.29 is 19.4 Å². The number of aromatic hydroxyl groups is 1. The van der Waals surface area contributed by atoms with Crippen LogP contribution in [0.15, 0.2) is 53.6 Å². The van der Waals surface area contributed by atoms with E-state index in [1.54, 1.807) is 6.07 Å². The van der Waals surface area contributed by atoms with Crippen LogP contribution in [0, 0.1) is 0 Å². The minimum absolute atomic E-state index is 0.0185. The van der Waals surface area contributed by atoms with Crippen molar-refractivity contribution in [2.75, 3.05) is 12.4 Å². The van der Waals surface area contributed by atoms with Crippen molar-refractivity contribution in [1.82, 2.24) is 15.6 Å². The predicted molar refractivity (Wildman–Crippen MR) is 104 cm³/mol. The van der Waals surface area contributed by atoms with Crippen LogP contribution in [0.25, 0.3) is 10.6 Å². The molecule has 0 atom stereocenters. The maximum absolute atomic E-state index is 11.9. The van der Waals surface area contributed by atoms with Crippen molar-refractivity contribution >= 4 is 34.5 Å². The van der Waals surface area contributed by atoms with Crippen LogP contribution >= 0.6 is 11.3 Å². The van der Waals surface area contributed by atoms with E-state index in [2.05, 4.69) is 26.0 Å². The van der Waals surface area contributed by atoms with Crippen LogP contribution in [-0.2, 0) is 9.59 Å². The third-order valence-electron chi connectivity index (χ3n) is 3.46. The Bertz CT molecular complexity index is 1020. The van der Waals surface area contributed by atoms with Gasteiger partial charge in [-0.1, -0.05) is 41.7 Å². The third kappa shape index (κ3) is 4.68. The maximum atomic E-state index is 11.9. The van der Waals surface area contributed by atoms with Gasteiger partial charge in [0.15, 0.2) is 11.5 Å². The number of ether oxygens (including phenoxy) is 1. The Balaban J connectivity index is 1.56. The maximum Gasteiger partial charge on any atom is 0.329 e. The molecule has 0 radical (unpaired) electrons. The lowest BCUT2D eigenvalue weighted by Crippen LogP contribution is -2.32. The van der Waals surface area contributed by atoms with Crippen LogP contribution in [0.1, 0.15) is 5.56 Å². The number of methoxy groups -OCH3 is 1. The lowest BCUT2D eigenvalue weighted by atomic mass is 10.2. The first-order chi connectivity index (χ1) is 13.6. The largest absolute Gasteiger partial charge is 0.504 e. The second-order valence-corrected chi connectivity index (χ2v) is 6.34. The zero-order chi connectivity index (χ0) is 19.9. The Morgan fingerprint density at radius 3 is 2.68 bits per heavy atom. The molecule has 142 valence electrons. The second kappa shape index (κ2) is 8.73. The molecule has 0 aliphatic rings. The number of benzene rings is 2. The van der Waals surface area contributed by atoms with E-state index in [0.29, 0.717) is 10.6 Å². The summed E-state index contributed by atoms with van der Waals surface area (Å²) >= 11 is 1.15. The van der Waals surface area contributed by atoms with E-state index in [-0.39, 0.29) is 16.6 Å². The van der Waals surface area contributed by atoms with Crippen molar-refractivity contribution in [3.05, 3.63) is 54.1 Å². The number of anilines is 1. The number of nitrogens with zero attached hydrogens (tertiary/aromatic N) is 3. The number of carbonyl (C=O) groups is 2. The first-order valence-corrected chi connectivity index (χ1v) is 8.79. The molecule has 0 bridgehead atoms. The highest BCUT2D eigenvalue weighted by Crippen LogP contribution is 2.26. The number of phenolic OH excluding ortho intramolecular Hbond substituents is 1. The zero-order valence-corrected chi connectivity index (χ0v) is 15.4. The summed E-state index contributed by atoms with van der Waals surface area (Å²) in [6.07, 6.45) is 1.31. The SMILES string of the molecule is COc1cc(/C=N\NC(=O)C(=O)Nc2nnc(-c3ccccc3)s2)ccc1O. The van der Waals surface area contributed by atoms with Gasteiger partial charge in [-0.2, -0.15) is 5.10 Å². The number of nitrogens with one attached hydrogen (secondary N) is 2. The number of rotatable bonds is 5. The molecule has 3 N–H and O–H groups in total. The summed E-state index contributed by atoms with van der Waals surface area (Å²) < 4.78 is 4.98. The average molecular weight is 397 g/mol. The molecule has 2 amide bonds. The van der Waals surface area contributed by atoms with Crippen LogP contribution in [0.4, 0.5) is 5.13 Å². The zero-order valence-electron chi connectivity index (χ0n) is 14.6. The fourth-order valence-electron chi connectivity index (χ4n) is 2.12. The van der Waals surface area contributed by atoms with Gasteiger partial charge in [-0.25, -0.2) is 5.43 Å². The lowest BCUT2D eigenvalue weighted by molar-refractivity contribution is -0.136. The smallest absolute Gasteiger partial charge is 0.329 e. The minimum atomic E-state index is -0.960. The molecule has 0 saturated heterocycles. The van der Waals surface area contributed by atoms with Gasteiger partial charge in [0.2, 0.25) is 5.13 Å². The standard InChI is InChI=1S/C18H15N5O4S/c1-27-14-9-11(7-8-13(14)24)10-19-21-16(26)15(25)20-18-23-22-17(28-18)12-5-3-2-4-6-12/h2-10,24H,1H3,(H,21,26)(H,20,23,25)/b19-10-. The molecule has 0 aliphatic carbocycles. The monoisotopic (exact) mass is 397 g/mol. The van der Waals surface area contributed by atoms with Crippen LogP contribution < -0.4 is 15.5 Å². The highest BCUT2D eigenvalue weighted by atomic mass is 32.1. The molecular formula is C18H15N5O4S. The lowest BCUT2D eigenvalue weighted by Gasteiger charge is -2.03. The molecule has 0 aliphatic heterocycles. The second-order valence-electron chi connectivity index (χ2n) is 5.36. The number of amides is 2. The molecule has 10 heteroatoms. The first kappa shape index (κ1) is 19.0. The van der Waals surface area contributed by atoms with Gasteiger partial charge in [-0.3, -0.25) is 14.9 Å². The Hall–Kier alpha value is -3.79. The van der Waals surface area contributed by atoms with Crippen molar-refractivity contribution in [1.29, 1.82) is 0 Å². The van der Waals surface area contributed by atoms with Crippen LogP contribution in [-0.4, -0.2) is 40.4 Å². The van der Waals surface area contributed by atoms with E-state index in [4.69, 9.17) is 4.74 Å².